The summed E-state index contributed by atoms with van der Waals surface area (Å²) in [5.74, 6) is 0. The second kappa shape index (κ2) is 12.6. The minimum Gasteiger partial charge on any atom is -0.741 e. The van der Waals surface area contributed by atoms with Gasteiger partial charge in [-0.1, -0.05) is 30.3 Å². The standard InChI is InChI=1S/C18H19N7O2S2.Cu/c1-19-17(28)23-21-15(12-6-4-3-5-7-12)16(22-24-18(29)20-2)13-8-10-14(11-9-13)25(26)27;/h3-11H,1-2H3,(H2,19,23,28)(H2,20,24,29);/q;+2/p-2/b21-15+,22-16+;. The van der Waals surface area contributed by atoms with Gasteiger partial charge in [-0.2, -0.15) is 10.2 Å². The quantitative estimate of drug-likeness (QED) is 0.160. The number of nitrogens with zero attached hydrogens (tertiary/aromatic N) is 5. The van der Waals surface area contributed by atoms with Crippen LogP contribution in [0.5, 0.6) is 0 Å². The first-order valence-electron chi connectivity index (χ1n) is 8.27. The minimum absolute atomic E-state index is 0. The molecule has 0 unspecified atom stereocenters. The van der Waals surface area contributed by atoms with Gasteiger partial charge < -0.3 is 35.9 Å². The van der Waals surface area contributed by atoms with Crippen molar-refractivity contribution < 1.29 is 22.0 Å². The smallest absolute Gasteiger partial charge is 0.741 e. The first-order valence-corrected chi connectivity index (χ1v) is 9.09. The molecular formula is C18H17CuN7O2S2. The van der Waals surface area contributed by atoms with Gasteiger partial charge in [-0.3, -0.25) is 10.1 Å². The van der Waals surface area contributed by atoms with E-state index in [2.05, 4.69) is 31.0 Å². The second-order valence-corrected chi connectivity index (χ2v) is 6.15. The average molecular weight is 491 g/mol. The van der Waals surface area contributed by atoms with Crippen LogP contribution in [0.2, 0.25) is 0 Å². The zero-order valence-electron chi connectivity index (χ0n) is 15.9. The molecule has 1 radical (unpaired) electrons. The van der Waals surface area contributed by atoms with Crippen LogP contribution in [0.25, 0.3) is 0 Å². The summed E-state index contributed by atoms with van der Waals surface area (Å²) in [5.41, 5.74) is 1.91. The van der Waals surface area contributed by atoms with Gasteiger partial charge in [0.1, 0.15) is 11.4 Å². The Morgan fingerprint density at radius 1 is 0.800 bits per heavy atom. The molecule has 0 atom stereocenters. The van der Waals surface area contributed by atoms with E-state index in [9.17, 15) is 10.1 Å². The van der Waals surface area contributed by atoms with Crippen molar-refractivity contribution in [2.24, 2.45) is 20.4 Å². The molecule has 9 nitrogen and oxygen atoms in total. The summed E-state index contributed by atoms with van der Waals surface area (Å²) in [5, 5.41) is 33.2. The van der Waals surface area contributed by atoms with Gasteiger partial charge in [0.15, 0.2) is 0 Å². The molecule has 0 saturated heterocycles. The fourth-order valence-corrected chi connectivity index (χ4v) is 2.19. The molecule has 0 aliphatic rings. The van der Waals surface area contributed by atoms with Gasteiger partial charge >= 0.3 is 17.1 Å². The Labute approximate surface area is 195 Å². The van der Waals surface area contributed by atoms with E-state index in [1.165, 1.54) is 12.1 Å². The van der Waals surface area contributed by atoms with Crippen LogP contribution in [-0.2, 0) is 42.3 Å². The normalized spacial score (nSPS) is 12.7. The molecule has 0 saturated carbocycles. The van der Waals surface area contributed by atoms with Crippen molar-refractivity contribution in [1.29, 1.82) is 0 Å². The van der Waals surface area contributed by atoms with Crippen LogP contribution >= 0.6 is 0 Å². The Morgan fingerprint density at radius 2 is 1.23 bits per heavy atom. The van der Waals surface area contributed by atoms with Crippen LogP contribution < -0.4 is 10.6 Å². The van der Waals surface area contributed by atoms with Crippen molar-refractivity contribution >= 4 is 52.7 Å². The number of non-ortho nitro benzene ring substituents is 1. The van der Waals surface area contributed by atoms with Gasteiger partial charge in [-0.25, -0.2) is 0 Å². The summed E-state index contributed by atoms with van der Waals surface area (Å²) in [6.45, 7) is 0. The Hall–Kier alpha value is -2.92. The number of hydrogen-bond acceptors (Lipinski definition) is 8. The van der Waals surface area contributed by atoms with Crippen molar-refractivity contribution in [3.63, 3.8) is 0 Å². The first-order chi connectivity index (χ1) is 14.0. The van der Waals surface area contributed by atoms with Crippen LogP contribution in [0.15, 0.2) is 75.0 Å². The van der Waals surface area contributed by atoms with Crippen molar-refractivity contribution in [3.05, 3.63) is 75.8 Å². The maximum atomic E-state index is 11.0. The maximum absolute atomic E-state index is 11.0. The van der Waals surface area contributed by atoms with Gasteiger partial charge in [-0.15, -0.1) is 10.2 Å². The van der Waals surface area contributed by atoms with Crippen molar-refractivity contribution in [2.75, 3.05) is 14.1 Å². The molecule has 2 N–H and O–H groups in total. The van der Waals surface area contributed by atoms with Gasteiger partial charge in [0, 0.05) is 37.4 Å². The summed E-state index contributed by atoms with van der Waals surface area (Å²) in [6, 6.07) is 15.1. The topological polar surface area (TPSA) is 117 Å². The van der Waals surface area contributed by atoms with Crippen molar-refractivity contribution in [2.45, 2.75) is 0 Å². The molecule has 2 aromatic rings. The fourth-order valence-electron chi connectivity index (χ4n) is 2.11. The van der Waals surface area contributed by atoms with Gasteiger partial charge in [-0.05, 0) is 22.5 Å². The molecule has 0 aromatic heterocycles. The number of nitro benzene ring substituents is 1. The third kappa shape index (κ3) is 7.16. The molecule has 0 bridgehead atoms. The Bertz CT molecular complexity index is 978. The molecule has 0 spiro atoms. The zero-order valence-corrected chi connectivity index (χ0v) is 18.4. The monoisotopic (exact) mass is 490 g/mol. The molecule has 0 aliphatic carbocycles. The largest absolute Gasteiger partial charge is 2.00 e. The van der Waals surface area contributed by atoms with Crippen LogP contribution in [0, 0.1) is 10.1 Å². The molecule has 0 heterocycles. The number of amidine groups is 2. The molecular weight excluding hydrogens is 474 g/mol. The van der Waals surface area contributed by atoms with Crippen LogP contribution in [-0.4, -0.2) is 40.8 Å². The zero-order chi connectivity index (χ0) is 21.2. The second-order valence-electron chi connectivity index (χ2n) is 5.38. The molecule has 2 aromatic carbocycles. The van der Waals surface area contributed by atoms with Crippen molar-refractivity contribution in [1.82, 2.24) is 10.6 Å². The predicted octanol–water partition coefficient (Wildman–Crippen LogP) is 1.95. The van der Waals surface area contributed by atoms with E-state index in [-0.39, 0.29) is 33.1 Å². The van der Waals surface area contributed by atoms with Crippen molar-refractivity contribution in [3.8, 4) is 0 Å². The van der Waals surface area contributed by atoms with Gasteiger partial charge in [0.2, 0.25) is 0 Å². The molecule has 0 fully saturated rings. The number of nitrogens with one attached hydrogen (secondary N) is 2. The van der Waals surface area contributed by atoms with E-state index in [4.69, 9.17) is 25.3 Å². The third-order valence-corrected chi connectivity index (χ3v) is 4.10. The predicted molar refractivity (Wildman–Crippen MR) is 120 cm³/mol. The Balaban J connectivity index is 0.00000450. The Morgan fingerprint density at radius 3 is 1.63 bits per heavy atom. The molecule has 159 valence electrons. The summed E-state index contributed by atoms with van der Waals surface area (Å²) >= 11 is 10.1. The average Bonchev–Trinajstić information content (AvgIpc) is 2.76. The summed E-state index contributed by atoms with van der Waals surface area (Å²) < 4.78 is 0. The van der Waals surface area contributed by atoms with E-state index in [0.717, 1.165) is 0 Å². The first kappa shape index (κ1) is 25.1. The van der Waals surface area contributed by atoms with Crippen LogP contribution in [0.1, 0.15) is 11.1 Å². The number of rotatable bonds is 6. The maximum Gasteiger partial charge on any atom is 2.00 e. The van der Waals surface area contributed by atoms with Crippen LogP contribution in [0.3, 0.4) is 0 Å². The molecule has 0 aliphatic heterocycles. The van der Waals surface area contributed by atoms with E-state index < -0.39 is 4.92 Å². The summed E-state index contributed by atoms with van der Waals surface area (Å²) in [6.07, 6.45) is 0. The van der Waals surface area contributed by atoms with E-state index in [1.807, 2.05) is 30.3 Å². The molecule has 2 rings (SSSR count). The minimum atomic E-state index is -0.478. The summed E-state index contributed by atoms with van der Waals surface area (Å²) in [4.78, 5) is 10.5. The van der Waals surface area contributed by atoms with E-state index >= 15 is 0 Å². The number of nitro groups is 1. The van der Waals surface area contributed by atoms with Crippen LogP contribution in [0.4, 0.5) is 5.69 Å². The Kier molecular flexibility index (Phi) is 10.5. The summed E-state index contributed by atoms with van der Waals surface area (Å²) in [7, 11) is 3.26. The van der Waals surface area contributed by atoms with E-state index in [1.54, 1.807) is 26.2 Å². The molecule has 12 heteroatoms. The third-order valence-electron chi connectivity index (χ3n) is 3.53. The number of benzene rings is 2. The number of hydrogen-bond donors (Lipinski definition) is 2. The fraction of sp³-hybridized carbons (Fsp3) is 0.111. The van der Waals surface area contributed by atoms with Gasteiger partial charge in [0.25, 0.3) is 5.69 Å². The van der Waals surface area contributed by atoms with Gasteiger partial charge in [0.05, 0.1) is 4.92 Å². The molecule has 30 heavy (non-hydrogen) atoms. The van der Waals surface area contributed by atoms with E-state index in [0.29, 0.717) is 22.6 Å². The SMILES string of the molecule is CN/C([S-])=N/N=C(/C(=N/N=C(\[S-])NC)c1ccc([N+](=O)[O-])cc1)c1ccccc1.[Cu+2]. The molecule has 0 amide bonds.